The van der Waals surface area contributed by atoms with Crippen molar-refractivity contribution in [2.45, 2.75) is 13.8 Å². The summed E-state index contributed by atoms with van der Waals surface area (Å²) < 4.78 is 6.70. The number of carbonyl (C=O) groups excluding carboxylic acids is 3. The molecular formula is C23H19N5O4S. The van der Waals surface area contributed by atoms with E-state index in [-0.39, 0.29) is 11.6 Å². The van der Waals surface area contributed by atoms with Crippen LogP contribution in [0, 0.1) is 13.8 Å². The van der Waals surface area contributed by atoms with Crippen molar-refractivity contribution in [3.05, 3.63) is 88.4 Å². The number of nitrogens with one attached hydrogen (secondary N) is 1. The number of hydrogen-bond donors (Lipinski definition) is 1. The number of ether oxygens (including phenoxy) is 1. The van der Waals surface area contributed by atoms with Crippen LogP contribution in [0.3, 0.4) is 0 Å². The molecule has 0 atom stereocenters. The molecule has 0 saturated carbocycles. The molecule has 0 aliphatic carbocycles. The summed E-state index contributed by atoms with van der Waals surface area (Å²) in [5.41, 5.74) is 4.91. The number of Topliss-reactive ketones (excluding diaryl/α,β-unsaturated/α-hetero) is 1. The molecule has 4 aromatic rings. The van der Waals surface area contributed by atoms with E-state index in [1.54, 1.807) is 62.6 Å². The number of carbonyl (C=O) groups is 3. The van der Waals surface area contributed by atoms with Crippen molar-refractivity contribution in [1.29, 1.82) is 0 Å². The lowest BCUT2D eigenvalue weighted by atomic mass is 10.1. The molecular weight excluding hydrogens is 442 g/mol. The summed E-state index contributed by atoms with van der Waals surface area (Å²) in [7, 11) is 0. The number of benzene rings is 1. The number of amides is 1. The fourth-order valence-electron chi connectivity index (χ4n) is 3.14. The normalized spacial score (nSPS) is 10.6. The van der Waals surface area contributed by atoms with Gasteiger partial charge in [0.25, 0.3) is 5.91 Å². The Kier molecular flexibility index (Phi) is 6.36. The molecule has 0 unspecified atom stereocenters. The van der Waals surface area contributed by atoms with Gasteiger partial charge < -0.3 is 4.74 Å². The van der Waals surface area contributed by atoms with Crippen LogP contribution in [0.1, 0.15) is 42.6 Å². The number of thiazole rings is 1. The van der Waals surface area contributed by atoms with E-state index >= 15 is 0 Å². The maximum absolute atomic E-state index is 12.7. The first-order valence-corrected chi connectivity index (χ1v) is 10.8. The smallest absolute Gasteiger partial charge is 0.358 e. The molecule has 0 bridgehead atoms. The standard InChI is InChI=1S/C23H19N5O4S/c1-14-11-17(15(2)28(14)27-21(30)16-7-4-3-5-8-16)19(29)12-32-23(31)18-13-33-22(26-18)20-24-9-6-10-25-20/h3-11,13H,12H2,1-2H3,(H,27,30). The highest BCUT2D eigenvalue weighted by atomic mass is 32.1. The van der Waals surface area contributed by atoms with Gasteiger partial charge in [0, 0.05) is 40.3 Å². The monoisotopic (exact) mass is 461 g/mol. The fraction of sp³-hybridized carbons (Fsp3) is 0.130. The average molecular weight is 462 g/mol. The lowest BCUT2D eigenvalue weighted by molar-refractivity contribution is 0.0469. The molecule has 9 nitrogen and oxygen atoms in total. The average Bonchev–Trinajstić information content (AvgIpc) is 3.44. The van der Waals surface area contributed by atoms with E-state index in [0.29, 0.717) is 33.3 Å². The summed E-state index contributed by atoms with van der Waals surface area (Å²) in [4.78, 5) is 49.9. The van der Waals surface area contributed by atoms with E-state index in [9.17, 15) is 14.4 Å². The highest BCUT2D eigenvalue weighted by Crippen LogP contribution is 2.20. The topological polar surface area (TPSA) is 116 Å². The van der Waals surface area contributed by atoms with Crippen molar-refractivity contribution >= 4 is 29.0 Å². The molecule has 0 aliphatic rings. The maximum atomic E-state index is 12.7. The van der Waals surface area contributed by atoms with Crippen molar-refractivity contribution in [2.24, 2.45) is 0 Å². The quantitative estimate of drug-likeness (QED) is 0.331. The van der Waals surface area contributed by atoms with Gasteiger partial charge in [0.2, 0.25) is 5.78 Å². The van der Waals surface area contributed by atoms with Crippen LogP contribution in [0.15, 0.2) is 60.2 Å². The lowest BCUT2D eigenvalue weighted by Gasteiger charge is -2.11. The number of aryl methyl sites for hydroxylation is 1. The van der Waals surface area contributed by atoms with Crippen LogP contribution in [0.25, 0.3) is 10.8 Å². The number of nitrogens with zero attached hydrogens (tertiary/aromatic N) is 4. The molecule has 0 fully saturated rings. The summed E-state index contributed by atoms with van der Waals surface area (Å²) in [6, 6.07) is 12.1. The van der Waals surface area contributed by atoms with Crippen LogP contribution in [0.2, 0.25) is 0 Å². The predicted octanol–water partition coefficient (Wildman–Crippen LogP) is 3.44. The highest BCUT2D eigenvalue weighted by molar-refractivity contribution is 7.13. The van der Waals surface area contributed by atoms with E-state index < -0.39 is 18.4 Å². The minimum atomic E-state index is -0.715. The van der Waals surface area contributed by atoms with Crippen LogP contribution < -0.4 is 5.43 Å². The molecule has 10 heteroatoms. The van der Waals surface area contributed by atoms with Crippen LogP contribution in [-0.4, -0.2) is 43.9 Å². The van der Waals surface area contributed by atoms with Gasteiger partial charge in [0.05, 0.1) is 0 Å². The molecule has 1 amide bonds. The minimum Gasteiger partial charge on any atom is -0.453 e. The number of aromatic nitrogens is 4. The van der Waals surface area contributed by atoms with Crippen molar-refractivity contribution < 1.29 is 19.1 Å². The molecule has 166 valence electrons. The summed E-state index contributed by atoms with van der Waals surface area (Å²) in [6.07, 6.45) is 3.16. The van der Waals surface area contributed by atoms with Gasteiger partial charge in [0.1, 0.15) is 0 Å². The van der Waals surface area contributed by atoms with Crippen LogP contribution in [-0.2, 0) is 4.74 Å². The van der Waals surface area contributed by atoms with E-state index in [2.05, 4.69) is 20.4 Å². The molecule has 1 aromatic carbocycles. The second kappa shape index (κ2) is 9.53. The van der Waals surface area contributed by atoms with Gasteiger partial charge in [0.15, 0.2) is 23.1 Å². The Balaban J connectivity index is 1.41. The summed E-state index contributed by atoms with van der Waals surface area (Å²) >= 11 is 1.21. The zero-order valence-electron chi connectivity index (χ0n) is 17.8. The molecule has 3 aromatic heterocycles. The SMILES string of the molecule is Cc1cc(C(=O)COC(=O)c2csc(-c3ncccn3)n2)c(C)n1NC(=O)c1ccccc1. The molecule has 3 heterocycles. The zero-order valence-corrected chi connectivity index (χ0v) is 18.6. The summed E-state index contributed by atoms with van der Waals surface area (Å²) in [5, 5.41) is 2.01. The molecule has 1 N–H and O–H groups in total. The lowest BCUT2D eigenvalue weighted by Crippen LogP contribution is -2.25. The molecule has 0 spiro atoms. The van der Waals surface area contributed by atoms with Gasteiger partial charge in [-0.25, -0.2) is 19.7 Å². The van der Waals surface area contributed by atoms with Crippen LogP contribution in [0.4, 0.5) is 0 Å². The van der Waals surface area contributed by atoms with Crippen molar-refractivity contribution in [1.82, 2.24) is 19.6 Å². The van der Waals surface area contributed by atoms with Crippen molar-refractivity contribution in [3.63, 3.8) is 0 Å². The highest BCUT2D eigenvalue weighted by Gasteiger charge is 2.20. The van der Waals surface area contributed by atoms with Crippen LogP contribution in [0.5, 0.6) is 0 Å². The Morgan fingerprint density at radius 1 is 1.06 bits per heavy atom. The Bertz CT molecular complexity index is 1320. The first kappa shape index (κ1) is 22.0. The predicted molar refractivity (Wildman–Crippen MR) is 122 cm³/mol. The molecule has 0 radical (unpaired) electrons. The second-order valence-electron chi connectivity index (χ2n) is 7.04. The Labute approximate surface area is 193 Å². The van der Waals surface area contributed by atoms with E-state index in [0.717, 1.165) is 0 Å². The largest absolute Gasteiger partial charge is 0.453 e. The van der Waals surface area contributed by atoms with E-state index in [1.807, 2.05) is 6.07 Å². The first-order chi connectivity index (χ1) is 15.9. The molecule has 33 heavy (non-hydrogen) atoms. The van der Waals surface area contributed by atoms with Gasteiger partial charge in [-0.2, -0.15) is 0 Å². The Morgan fingerprint density at radius 2 is 1.79 bits per heavy atom. The first-order valence-electron chi connectivity index (χ1n) is 9.92. The van der Waals surface area contributed by atoms with E-state index in [4.69, 9.17) is 4.74 Å². The van der Waals surface area contributed by atoms with Gasteiger partial charge >= 0.3 is 5.97 Å². The third-order valence-corrected chi connectivity index (χ3v) is 5.62. The number of rotatable bonds is 7. The Hall–Kier alpha value is -4.18. The van der Waals surface area contributed by atoms with Gasteiger partial charge in [-0.1, -0.05) is 18.2 Å². The summed E-state index contributed by atoms with van der Waals surface area (Å²) in [6.45, 7) is 3.02. The van der Waals surface area contributed by atoms with Gasteiger partial charge in [-0.05, 0) is 38.1 Å². The fourth-order valence-corrected chi connectivity index (χ4v) is 3.87. The third-order valence-electron chi connectivity index (χ3n) is 4.79. The minimum absolute atomic E-state index is 0.0795. The van der Waals surface area contributed by atoms with Crippen molar-refractivity contribution in [3.8, 4) is 10.8 Å². The third kappa shape index (κ3) is 4.85. The number of esters is 1. The van der Waals surface area contributed by atoms with Gasteiger partial charge in [-0.3, -0.25) is 19.7 Å². The van der Waals surface area contributed by atoms with E-state index in [1.165, 1.54) is 21.4 Å². The molecule has 4 rings (SSSR count). The zero-order chi connectivity index (χ0) is 23.4. The number of ketones is 1. The Morgan fingerprint density at radius 3 is 2.52 bits per heavy atom. The molecule has 0 aliphatic heterocycles. The molecule has 0 saturated heterocycles. The summed E-state index contributed by atoms with van der Waals surface area (Å²) in [5.74, 6) is -1.00. The maximum Gasteiger partial charge on any atom is 0.358 e. The van der Waals surface area contributed by atoms with Crippen LogP contribution >= 0.6 is 11.3 Å². The van der Waals surface area contributed by atoms with Crippen molar-refractivity contribution in [2.75, 3.05) is 12.0 Å². The second-order valence-corrected chi connectivity index (χ2v) is 7.89. The van der Waals surface area contributed by atoms with Gasteiger partial charge in [-0.15, -0.1) is 11.3 Å². The number of hydrogen-bond acceptors (Lipinski definition) is 8.